The smallest absolute Gasteiger partial charge is 0.265 e. The number of benzene rings is 1. The molecule has 7 heteroatoms. The summed E-state index contributed by atoms with van der Waals surface area (Å²) in [5, 5.41) is 0. The molecule has 2 amide bonds. The number of hydrogen-bond donors (Lipinski definition) is 2. The van der Waals surface area contributed by atoms with Crippen molar-refractivity contribution in [3.05, 3.63) is 41.0 Å². The van der Waals surface area contributed by atoms with Crippen molar-refractivity contribution in [2.75, 3.05) is 20.3 Å². The van der Waals surface area contributed by atoms with Gasteiger partial charge in [0.05, 0.1) is 13.2 Å². The maximum absolute atomic E-state index is 13.0. The first-order valence-corrected chi connectivity index (χ1v) is 10.0. The average molecular weight is 385 g/mol. The van der Waals surface area contributed by atoms with Crippen LogP contribution in [0.1, 0.15) is 48.9 Å². The zero-order valence-electron chi connectivity index (χ0n) is 16.2. The first kappa shape index (κ1) is 19.0. The first-order chi connectivity index (χ1) is 13.7. The predicted molar refractivity (Wildman–Crippen MR) is 104 cm³/mol. The fourth-order valence-electron chi connectivity index (χ4n) is 4.26. The van der Waals surface area contributed by atoms with Crippen LogP contribution in [0.2, 0.25) is 0 Å². The lowest BCUT2D eigenvalue weighted by Gasteiger charge is -2.30. The quantitative estimate of drug-likeness (QED) is 0.734. The normalized spacial score (nSPS) is 24.5. The number of rotatable bonds is 6. The lowest BCUT2D eigenvalue weighted by atomic mass is 9.92. The van der Waals surface area contributed by atoms with Gasteiger partial charge in [-0.2, -0.15) is 0 Å². The van der Waals surface area contributed by atoms with Gasteiger partial charge < -0.3 is 14.4 Å². The highest BCUT2D eigenvalue weighted by Crippen LogP contribution is 2.36. The van der Waals surface area contributed by atoms with Crippen LogP contribution < -0.4 is 15.6 Å². The van der Waals surface area contributed by atoms with E-state index < -0.39 is 0 Å². The first-order valence-electron chi connectivity index (χ1n) is 10.0. The molecule has 0 unspecified atom stereocenters. The van der Waals surface area contributed by atoms with Gasteiger partial charge in [-0.05, 0) is 68.4 Å². The number of nitrogens with one attached hydrogen (secondary N) is 2. The van der Waals surface area contributed by atoms with Crippen molar-refractivity contribution < 1.29 is 19.1 Å². The second-order valence-corrected chi connectivity index (χ2v) is 7.53. The van der Waals surface area contributed by atoms with Crippen LogP contribution in [0.5, 0.6) is 5.75 Å². The number of carbonyl (C=O) groups excluding carboxylic acids is 2. The number of hydrazine groups is 1. The van der Waals surface area contributed by atoms with E-state index in [0.717, 1.165) is 56.3 Å². The number of ether oxygens (including phenoxy) is 2. The lowest BCUT2D eigenvalue weighted by molar-refractivity contribution is -0.129. The molecule has 2 heterocycles. The molecule has 0 saturated carbocycles. The van der Waals surface area contributed by atoms with E-state index in [1.165, 1.54) is 0 Å². The van der Waals surface area contributed by atoms with Crippen molar-refractivity contribution in [1.29, 1.82) is 0 Å². The molecule has 0 aromatic heterocycles. The SMILES string of the molecule is COc1ccc(C(=O)NN[C@H]2C3=C(CCCC3)C(=O)N2C[C@@H]2CCCO2)cc1. The van der Waals surface area contributed by atoms with Crippen molar-refractivity contribution in [2.45, 2.75) is 50.8 Å². The standard InChI is InChI=1S/C21H27N3O4/c1-27-15-10-8-14(9-11-15)20(25)23-22-19-17-6-2-3-7-18(17)21(26)24(19)13-16-5-4-12-28-16/h8-11,16,19,22H,2-7,12-13H2,1H3,(H,23,25)/t16-,19+/m0/s1. The molecule has 0 spiro atoms. The number of amides is 2. The zero-order chi connectivity index (χ0) is 19.5. The van der Waals surface area contributed by atoms with Crippen LogP contribution in [-0.2, 0) is 9.53 Å². The van der Waals surface area contributed by atoms with Crippen molar-refractivity contribution in [1.82, 2.24) is 15.8 Å². The molecule has 1 aliphatic carbocycles. The molecular formula is C21H27N3O4. The van der Waals surface area contributed by atoms with Crippen molar-refractivity contribution >= 4 is 11.8 Å². The number of nitrogens with zero attached hydrogens (tertiary/aromatic N) is 1. The fraction of sp³-hybridized carbons (Fsp3) is 0.524. The third kappa shape index (κ3) is 3.77. The number of hydrogen-bond acceptors (Lipinski definition) is 5. The molecule has 2 atom stereocenters. The van der Waals surface area contributed by atoms with E-state index in [1.54, 1.807) is 31.4 Å². The minimum atomic E-state index is -0.297. The van der Waals surface area contributed by atoms with Gasteiger partial charge in [0.1, 0.15) is 11.9 Å². The molecule has 2 N–H and O–H groups in total. The molecule has 1 aromatic rings. The Morgan fingerprint density at radius 1 is 1.21 bits per heavy atom. The largest absolute Gasteiger partial charge is 0.497 e. The summed E-state index contributed by atoms with van der Waals surface area (Å²) in [6.07, 6.45) is 5.61. The third-order valence-electron chi connectivity index (χ3n) is 5.77. The van der Waals surface area contributed by atoms with Crippen molar-refractivity contribution in [3.63, 3.8) is 0 Å². The summed E-state index contributed by atoms with van der Waals surface area (Å²) in [5.41, 5.74) is 8.47. The lowest BCUT2D eigenvalue weighted by Crippen LogP contribution is -2.54. The molecular weight excluding hydrogens is 358 g/mol. The maximum Gasteiger partial charge on any atom is 0.265 e. The Kier molecular flexibility index (Phi) is 5.64. The van der Waals surface area contributed by atoms with Crippen LogP contribution in [0.25, 0.3) is 0 Å². The molecule has 4 rings (SSSR count). The average Bonchev–Trinajstić information content (AvgIpc) is 3.34. The van der Waals surface area contributed by atoms with E-state index in [-0.39, 0.29) is 24.1 Å². The van der Waals surface area contributed by atoms with Crippen LogP contribution in [0.15, 0.2) is 35.4 Å². The van der Waals surface area contributed by atoms with E-state index in [4.69, 9.17) is 9.47 Å². The topological polar surface area (TPSA) is 79.9 Å². The van der Waals surface area contributed by atoms with Gasteiger partial charge in [0, 0.05) is 24.3 Å². The summed E-state index contributed by atoms with van der Waals surface area (Å²) in [6, 6.07) is 6.93. The van der Waals surface area contributed by atoms with Crippen LogP contribution >= 0.6 is 0 Å². The van der Waals surface area contributed by atoms with Gasteiger partial charge in [-0.25, -0.2) is 5.43 Å². The van der Waals surface area contributed by atoms with Crippen molar-refractivity contribution in [3.8, 4) is 5.75 Å². The van der Waals surface area contributed by atoms with E-state index in [9.17, 15) is 9.59 Å². The maximum atomic E-state index is 13.0. The molecule has 0 radical (unpaired) electrons. The number of carbonyl (C=O) groups is 2. The molecule has 2 aliphatic heterocycles. The van der Waals surface area contributed by atoms with E-state index in [2.05, 4.69) is 10.9 Å². The van der Waals surface area contributed by atoms with Crippen LogP contribution in [0.3, 0.4) is 0 Å². The Balaban J connectivity index is 1.46. The molecule has 7 nitrogen and oxygen atoms in total. The highest BCUT2D eigenvalue weighted by Gasteiger charge is 2.41. The minimum Gasteiger partial charge on any atom is -0.497 e. The molecule has 1 saturated heterocycles. The van der Waals surface area contributed by atoms with E-state index in [0.29, 0.717) is 17.9 Å². The Bertz CT molecular complexity index is 768. The summed E-state index contributed by atoms with van der Waals surface area (Å²) in [4.78, 5) is 27.3. The summed E-state index contributed by atoms with van der Waals surface area (Å²) in [6.45, 7) is 1.31. The Labute approximate surface area is 165 Å². The summed E-state index contributed by atoms with van der Waals surface area (Å²) >= 11 is 0. The van der Waals surface area contributed by atoms with Gasteiger partial charge in [0.15, 0.2) is 0 Å². The molecule has 28 heavy (non-hydrogen) atoms. The Morgan fingerprint density at radius 3 is 2.71 bits per heavy atom. The molecule has 1 aromatic carbocycles. The van der Waals surface area contributed by atoms with Gasteiger partial charge in [-0.3, -0.25) is 15.0 Å². The fourth-order valence-corrected chi connectivity index (χ4v) is 4.26. The van der Waals surface area contributed by atoms with E-state index in [1.807, 2.05) is 4.90 Å². The second kappa shape index (κ2) is 8.32. The molecule has 150 valence electrons. The zero-order valence-corrected chi connectivity index (χ0v) is 16.2. The Morgan fingerprint density at radius 2 is 2.00 bits per heavy atom. The minimum absolute atomic E-state index is 0.0758. The second-order valence-electron chi connectivity index (χ2n) is 7.53. The van der Waals surface area contributed by atoms with Gasteiger partial charge >= 0.3 is 0 Å². The molecule has 1 fully saturated rings. The van der Waals surface area contributed by atoms with Gasteiger partial charge in [-0.15, -0.1) is 0 Å². The van der Waals surface area contributed by atoms with Crippen LogP contribution in [0.4, 0.5) is 0 Å². The number of methoxy groups -OCH3 is 1. The van der Waals surface area contributed by atoms with Gasteiger partial charge in [0.25, 0.3) is 11.8 Å². The summed E-state index contributed by atoms with van der Waals surface area (Å²) in [7, 11) is 1.59. The highest BCUT2D eigenvalue weighted by atomic mass is 16.5. The van der Waals surface area contributed by atoms with Gasteiger partial charge in [-0.1, -0.05) is 0 Å². The summed E-state index contributed by atoms with van der Waals surface area (Å²) < 4.78 is 10.9. The third-order valence-corrected chi connectivity index (χ3v) is 5.77. The summed E-state index contributed by atoms with van der Waals surface area (Å²) in [5.74, 6) is 0.545. The Hall–Kier alpha value is -2.38. The monoisotopic (exact) mass is 385 g/mol. The highest BCUT2D eigenvalue weighted by molar-refractivity contribution is 5.98. The van der Waals surface area contributed by atoms with E-state index >= 15 is 0 Å². The molecule has 3 aliphatic rings. The predicted octanol–water partition coefficient (Wildman–Crippen LogP) is 2.15. The molecule has 0 bridgehead atoms. The van der Waals surface area contributed by atoms with Gasteiger partial charge in [0.2, 0.25) is 0 Å². The van der Waals surface area contributed by atoms with Crippen molar-refractivity contribution in [2.24, 2.45) is 0 Å². The van der Waals surface area contributed by atoms with Crippen LogP contribution in [-0.4, -0.2) is 49.2 Å². The van der Waals surface area contributed by atoms with Crippen LogP contribution in [0, 0.1) is 0 Å².